The van der Waals surface area contributed by atoms with Gasteiger partial charge in [0.25, 0.3) is 0 Å². The van der Waals surface area contributed by atoms with Gasteiger partial charge < -0.3 is 9.80 Å². The molecule has 0 atom stereocenters. The number of thiocarbonyl (C=S) groups is 1. The molecule has 1 fully saturated rings. The summed E-state index contributed by atoms with van der Waals surface area (Å²) in [6.07, 6.45) is 4.31. The average molecular weight is 256 g/mol. The van der Waals surface area contributed by atoms with Gasteiger partial charge in [-0.15, -0.1) is 0 Å². The van der Waals surface area contributed by atoms with Crippen LogP contribution in [0, 0.1) is 0 Å². The highest BCUT2D eigenvalue weighted by Gasteiger charge is 2.25. The topological polar surface area (TPSA) is 6.48 Å². The standard InChI is InChI=1S/C15H16N2S/c1-16-9-10-17(2)15(16)13-8-7-11-5-3-4-6-12(11)14(13)18/h3-8H,9-10H2,1-2H3. The van der Waals surface area contributed by atoms with Gasteiger partial charge in [-0.2, -0.15) is 0 Å². The van der Waals surface area contributed by atoms with Crippen molar-refractivity contribution in [3.63, 3.8) is 0 Å². The second-order valence-corrected chi connectivity index (χ2v) is 5.24. The molecule has 0 amide bonds. The second kappa shape index (κ2) is 4.25. The van der Waals surface area contributed by atoms with E-state index < -0.39 is 0 Å². The predicted octanol–water partition coefficient (Wildman–Crippen LogP) is 2.52. The molecule has 18 heavy (non-hydrogen) atoms. The molecule has 92 valence electrons. The third-order valence-electron chi connectivity index (χ3n) is 3.61. The zero-order valence-electron chi connectivity index (χ0n) is 10.7. The number of fused-ring (bicyclic) bond motifs is 1. The smallest absolute Gasteiger partial charge is 0.112 e. The molecule has 3 rings (SSSR count). The summed E-state index contributed by atoms with van der Waals surface area (Å²) in [5, 5.41) is 0. The van der Waals surface area contributed by atoms with E-state index in [1.54, 1.807) is 0 Å². The van der Waals surface area contributed by atoms with Gasteiger partial charge >= 0.3 is 0 Å². The lowest BCUT2D eigenvalue weighted by Gasteiger charge is -2.24. The van der Waals surface area contributed by atoms with E-state index in [9.17, 15) is 0 Å². The molecular formula is C15H16N2S. The van der Waals surface area contributed by atoms with Crippen LogP contribution in [0.1, 0.15) is 11.1 Å². The van der Waals surface area contributed by atoms with Crippen LogP contribution < -0.4 is 0 Å². The number of hydrogen-bond acceptors (Lipinski definition) is 3. The first kappa shape index (κ1) is 11.5. The van der Waals surface area contributed by atoms with Crippen LogP contribution >= 0.6 is 12.2 Å². The molecule has 0 aromatic heterocycles. The molecule has 2 aliphatic rings. The number of hydrogen-bond donors (Lipinski definition) is 0. The van der Waals surface area contributed by atoms with Gasteiger partial charge in [-0.25, -0.2) is 0 Å². The molecule has 3 heteroatoms. The van der Waals surface area contributed by atoms with Crippen LogP contribution in [0.15, 0.2) is 41.7 Å². The van der Waals surface area contributed by atoms with Gasteiger partial charge in [-0.3, -0.25) is 0 Å². The minimum atomic E-state index is 0.962. The molecule has 1 heterocycles. The second-order valence-electron chi connectivity index (χ2n) is 4.83. The number of likely N-dealkylation sites (N-methyl/N-ethyl adjacent to an activating group) is 2. The van der Waals surface area contributed by atoms with Crippen molar-refractivity contribution in [3.05, 3.63) is 52.9 Å². The molecule has 0 saturated carbocycles. The van der Waals surface area contributed by atoms with Crippen molar-refractivity contribution in [2.24, 2.45) is 0 Å². The maximum atomic E-state index is 5.66. The third-order valence-corrected chi connectivity index (χ3v) is 4.05. The lowest BCUT2D eigenvalue weighted by atomic mass is 9.93. The Morgan fingerprint density at radius 3 is 2.39 bits per heavy atom. The first-order chi connectivity index (χ1) is 8.68. The molecule has 0 radical (unpaired) electrons. The Morgan fingerprint density at radius 2 is 1.67 bits per heavy atom. The van der Waals surface area contributed by atoms with Gasteiger partial charge in [0.2, 0.25) is 0 Å². The number of benzene rings is 1. The summed E-state index contributed by atoms with van der Waals surface area (Å²) in [6, 6.07) is 8.32. The lowest BCUT2D eigenvalue weighted by molar-refractivity contribution is 0.420. The van der Waals surface area contributed by atoms with E-state index in [1.165, 1.54) is 22.5 Å². The van der Waals surface area contributed by atoms with Crippen molar-refractivity contribution < 1.29 is 0 Å². The summed E-state index contributed by atoms with van der Waals surface area (Å²) in [7, 11) is 4.26. The van der Waals surface area contributed by atoms with Gasteiger partial charge in [0, 0.05) is 38.3 Å². The lowest BCUT2D eigenvalue weighted by Crippen LogP contribution is -2.22. The van der Waals surface area contributed by atoms with Crippen molar-refractivity contribution in [2.45, 2.75) is 0 Å². The SMILES string of the molecule is CN1CCN(C)C1=C1C=Cc2ccccc2C1=S. The quantitative estimate of drug-likeness (QED) is 0.520. The highest BCUT2D eigenvalue weighted by molar-refractivity contribution is 7.81. The van der Waals surface area contributed by atoms with Crippen LogP contribution in [0.3, 0.4) is 0 Å². The van der Waals surface area contributed by atoms with Crippen LogP contribution in [0.2, 0.25) is 0 Å². The maximum Gasteiger partial charge on any atom is 0.112 e. The zero-order valence-corrected chi connectivity index (χ0v) is 11.5. The fraction of sp³-hybridized carbons (Fsp3) is 0.267. The van der Waals surface area contributed by atoms with Crippen molar-refractivity contribution in [3.8, 4) is 0 Å². The molecule has 1 saturated heterocycles. The van der Waals surface area contributed by atoms with E-state index >= 15 is 0 Å². The Bertz CT molecular complexity index is 560. The Labute approximate surface area is 113 Å². The van der Waals surface area contributed by atoms with E-state index in [4.69, 9.17) is 12.2 Å². The van der Waals surface area contributed by atoms with E-state index in [-0.39, 0.29) is 0 Å². The van der Waals surface area contributed by atoms with E-state index in [0.29, 0.717) is 0 Å². The normalized spacial score (nSPS) is 18.7. The molecule has 0 spiro atoms. The summed E-state index contributed by atoms with van der Waals surface area (Å²) in [5.74, 6) is 1.24. The zero-order chi connectivity index (χ0) is 12.7. The molecule has 1 aromatic carbocycles. The van der Waals surface area contributed by atoms with Crippen molar-refractivity contribution in [2.75, 3.05) is 27.2 Å². The molecule has 2 nitrogen and oxygen atoms in total. The Kier molecular flexibility index (Phi) is 2.71. The number of rotatable bonds is 0. The highest BCUT2D eigenvalue weighted by Crippen LogP contribution is 2.28. The van der Waals surface area contributed by atoms with Gasteiger partial charge in [0.15, 0.2) is 0 Å². The summed E-state index contributed by atoms with van der Waals surface area (Å²) in [5.41, 5.74) is 3.56. The Hall–Kier alpha value is -1.61. The fourth-order valence-electron chi connectivity index (χ4n) is 2.63. The molecule has 0 unspecified atom stereocenters. The van der Waals surface area contributed by atoms with Crippen molar-refractivity contribution in [1.29, 1.82) is 0 Å². The summed E-state index contributed by atoms with van der Waals surface area (Å²) < 4.78 is 0. The number of allylic oxidation sites excluding steroid dienone is 2. The first-order valence-corrected chi connectivity index (χ1v) is 6.57. The van der Waals surface area contributed by atoms with E-state index in [0.717, 1.165) is 18.0 Å². The molecule has 1 aliphatic heterocycles. The Morgan fingerprint density at radius 1 is 1.00 bits per heavy atom. The highest BCUT2D eigenvalue weighted by atomic mass is 32.1. The molecule has 1 aromatic rings. The first-order valence-electron chi connectivity index (χ1n) is 6.17. The van der Waals surface area contributed by atoms with Gasteiger partial charge in [0.1, 0.15) is 5.82 Å². The van der Waals surface area contributed by atoms with Crippen LogP contribution in [0.25, 0.3) is 6.08 Å². The summed E-state index contributed by atoms with van der Waals surface area (Å²) in [6.45, 7) is 2.13. The molecular weight excluding hydrogens is 240 g/mol. The van der Waals surface area contributed by atoms with Gasteiger partial charge in [0.05, 0.1) is 4.86 Å². The predicted molar refractivity (Wildman–Crippen MR) is 79.5 cm³/mol. The fourth-order valence-corrected chi connectivity index (χ4v) is 2.98. The van der Waals surface area contributed by atoms with Crippen LogP contribution in [-0.4, -0.2) is 41.8 Å². The van der Waals surface area contributed by atoms with Gasteiger partial charge in [-0.05, 0) is 11.6 Å². The van der Waals surface area contributed by atoms with Crippen LogP contribution in [0.5, 0.6) is 0 Å². The van der Waals surface area contributed by atoms with E-state index in [1.807, 2.05) is 0 Å². The molecule has 0 bridgehead atoms. The van der Waals surface area contributed by atoms with Gasteiger partial charge in [-0.1, -0.05) is 42.6 Å². The van der Waals surface area contributed by atoms with Crippen LogP contribution in [-0.2, 0) is 0 Å². The molecule has 1 aliphatic carbocycles. The minimum Gasteiger partial charge on any atom is -0.359 e. The Balaban J connectivity index is 2.13. The average Bonchev–Trinajstić information content (AvgIpc) is 2.71. The molecule has 0 N–H and O–H groups in total. The summed E-state index contributed by atoms with van der Waals surface area (Å²) in [4.78, 5) is 5.52. The van der Waals surface area contributed by atoms with Crippen molar-refractivity contribution in [1.82, 2.24) is 9.80 Å². The summed E-state index contributed by atoms with van der Waals surface area (Å²) >= 11 is 5.66. The third kappa shape index (κ3) is 1.66. The number of nitrogens with zero attached hydrogens (tertiary/aromatic N) is 2. The monoisotopic (exact) mass is 256 g/mol. The van der Waals surface area contributed by atoms with Crippen molar-refractivity contribution >= 4 is 23.2 Å². The maximum absolute atomic E-state index is 5.66. The largest absolute Gasteiger partial charge is 0.359 e. The van der Waals surface area contributed by atoms with E-state index in [2.05, 4.69) is 60.3 Å². The minimum absolute atomic E-state index is 0.962. The van der Waals surface area contributed by atoms with Crippen LogP contribution in [0.4, 0.5) is 0 Å².